The molecule has 1 fully saturated rings. The van der Waals surface area contributed by atoms with Gasteiger partial charge in [-0.15, -0.1) is 0 Å². The normalized spacial score (nSPS) is 18.6. The number of pyridine rings is 1. The van der Waals surface area contributed by atoms with Gasteiger partial charge in [0.15, 0.2) is 5.65 Å². The Bertz CT molecular complexity index is 551. The van der Waals surface area contributed by atoms with E-state index in [1.165, 1.54) is 6.42 Å². The molecule has 0 radical (unpaired) electrons. The Labute approximate surface area is 94.5 Å². The number of nitrogen functional groups attached to an aromatic ring is 1. The third kappa shape index (κ3) is 1.16. The molecule has 0 bridgehead atoms. The Balaban J connectivity index is 2.27. The van der Waals surface area contributed by atoms with E-state index in [0.29, 0.717) is 5.95 Å². The van der Waals surface area contributed by atoms with Crippen LogP contribution >= 0.6 is 0 Å². The van der Waals surface area contributed by atoms with Crippen LogP contribution in [0.3, 0.4) is 0 Å². The maximum Gasteiger partial charge on any atom is 0.202 e. The van der Waals surface area contributed by atoms with Crippen LogP contribution < -0.4 is 5.73 Å². The molecule has 1 aliphatic carbocycles. The van der Waals surface area contributed by atoms with Crippen LogP contribution in [0.4, 0.5) is 5.95 Å². The minimum absolute atomic E-state index is 0.126. The van der Waals surface area contributed by atoms with Gasteiger partial charge in [0, 0.05) is 11.7 Å². The van der Waals surface area contributed by atoms with Gasteiger partial charge in [-0.2, -0.15) is 0 Å². The molecule has 4 heteroatoms. The van der Waals surface area contributed by atoms with Crippen LogP contribution in [0.15, 0.2) is 12.3 Å². The summed E-state index contributed by atoms with van der Waals surface area (Å²) in [5.74, 6) is 0.593. The zero-order valence-electron chi connectivity index (χ0n) is 9.70. The van der Waals surface area contributed by atoms with Crippen molar-refractivity contribution in [3.63, 3.8) is 0 Å². The van der Waals surface area contributed by atoms with Crippen molar-refractivity contribution in [2.24, 2.45) is 0 Å². The lowest BCUT2D eigenvalue weighted by atomic mass is 9.78. The van der Waals surface area contributed by atoms with E-state index in [9.17, 15) is 0 Å². The average molecular weight is 216 g/mol. The molecular weight excluding hydrogens is 200 g/mol. The number of nitrogens with zero attached hydrogens (tertiary/aromatic N) is 3. The van der Waals surface area contributed by atoms with Crippen LogP contribution in [-0.4, -0.2) is 14.5 Å². The first-order valence-electron chi connectivity index (χ1n) is 5.71. The van der Waals surface area contributed by atoms with Gasteiger partial charge in [-0.05, 0) is 44.7 Å². The van der Waals surface area contributed by atoms with Gasteiger partial charge >= 0.3 is 0 Å². The molecule has 84 valence electrons. The number of imidazole rings is 1. The topological polar surface area (TPSA) is 56.7 Å². The van der Waals surface area contributed by atoms with Gasteiger partial charge < -0.3 is 5.73 Å². The highest BCUT2D eigenvalue weighted by molar-refractivity contribution is 5.75. The smallest absolute Gasteiger partial charge is 0.202 e. The molecule has 0 unspecified atom stereocenters. The number of anilines is 1. The van der Waals surface area contributed by atoms with Crippen molar-refractivity contribution in [2.75, 3.05) is 5.73 Å². The molecule has 16 heavy (non-hydrogen) atoms. The van der Waals surface area contributed by atoms with Gasteiger partial charge in [0.2, 0.25) is 5.95 Å². The van der Waals surface area contributed by atoms with Crippen LogP contribution in [0.25, 0.3) is 11.2 Å². The first kappa shape index (κ1) is 9.63. The predicted molar refractivity (Wildman–Crippen MR) is 64.2 cm³/mol. The Hall–Kier alpha value is -1.58. The molecule has 1 saturated carbocycles. The summed E-state index contributed by atoms with van der Waals surface area (Å²) in [5, 5.41) is 0. The molecule has 2 aromatic rings. The highest BCUT2D eigenvalue weighted by Gasteiger charge is 2.36. The van der Waals surface area contributed by atoms with Gasteiger partial charge in [-0.1, -0.05) is 0 Å². The second-order valence-electron chi connectivity index (χ2n) is 5.01. The van der Waals surface area contributed by atoms with Crippen molar-refractivity contribution >= 4 is 17.1 Å². The predicted octanol–water partition coefficient (Wildman–Crippen LogP) is 2.22. The summed E-state index contributed by atoms with van der Waals surface area (Å²) in [5.41, 5.74) is 9.09. The second kappa shape index (κ2) is 2.97. The minimum atomic E-state index is 0.126. The van der Waals surface area contributed by atoms with E-state index < -0.39 is 0 Å². The van der Waals surface area contributed by atoms with E-state index in [2.05, 4.69) is 21.5 Å². The second-order valence-corrected chi connectivity index (χ2v) is 5.01. The Morgan fingerprint density at radius 1 is 1.44 bits per heavy atom. The lowest BCUT2D eigenvalue weighted by Gasteiger charge is -2.40. The highest BCUT2D eigenvalue weighted by Crippen LogP contribution is 2.41. The standard InChI is InChI=1S/C12H16N4/c1-8-6-9-10(14-7-8)16(11(13)15-9)12(2)4-3-5-12/h6-7H,3-5H2,1-2H3,(H2,13,15). The van der Waals surface area contributed by atoms with E-state index in [4.69, 9.17) is 5.73 Å². The number of aryl methyl sites for hydroxylation is 1. The van der Waals surface area contributed by atoms with Crippen molar-refractivity contribution in [1.29, 1.82) is 0 Å². The number of aromatic nitrogens is 3. The van der Waals surface area contributed by atoms with Gasteiger partial charge in [0.1, 0.15) is 5.52 Å². The molecule has 0 aliphatic heterocycles. The first-order chi connectivity index (χ1) is 7.60. The van der Waals surface area contributed by atoms with E-state index in [-0.39, 0.29) is 5.54 Å². The molecular formula is C12H16N4. The number of nitrogens with two attached hydrogens (primary N) is 1. The molecule has 0 saturated heterocycles. The van der Waals surface area contributed by atoms with Crippen molar-refractivity contribution in [3.8, 4) is 0 Å². The maximum absolute atomic E-state index is 6.01. The van der Waals surface area contributed by atoms with Gasteiger partial charge in [-0.25, -0.2) is 9.97 Å². The number of rotatable bonds is 1. The average Bonchev–Trinajstić information content (AvgIpc) is 2.50. The number of hydrogen-bond acceptors (Lipinski definition) is 3. The van der Waals surface area contributed by atoms with Gasteiger partial charge in [-0.3, -0.25) is 4.57 Å². The van der Waals surface area contributed by atoms with Gasteiger partial charge in [0.25, 0.3) is 0 Å². The SMILES string of the molecule is Cc1cnc2c(c1)nc(N)n2C1(C)CCC1. The molecule has 2 heterocycles. The fraction of sp³-hybridized carbons (Fsp3) is 0.500. The Kier molecular flexibility index (Phi) is 1.79. The van der Waals surface area contributed by atoms with Crippen LogP contribution in [0, 0.1) is 6.92 Å². The van der Waals surface area contributed by atoms with Crippen LogP contribution in [0.1, 0.15) is 31.7 Å². The fourth-order valence-electron chi connectivity index (χ4n) is 2.53. The van der Waals surface area contributed by atoms with Crippen molar-refractivity contribution in [3.05, 3.63) is 17.8 Å². The van der Waals surface area contributed by atoms with Crippen LogP contribution in [0.2, 0.25) is 0 Å². The number of fused-ring (bicyclic) bond motifs is 1. The summed E-state index contributed by atoms with van der Waals surface area (Å²) in [6.07, 6.45) is 5.47. The third-order valence-corrected chi connectivity index (χ3v) is 3.63. The maximum atomic E-state index is 6.01. The van der Waals surface area contributed by atoms with E-state index in [1.54, 1.807) is 0 Å². The summed E-state index contributed by atoms with van der Waals surface area (Å²) in [6.45, 7) is 4.25. The van der Waals surface area contributed by atoms with Crippen LogP contribution in [0.5, 0.6) is 0 Å². The molecule has 2 aromatic heterocycles. The summed E-state index contributed by atoms with van der Waals surface area (Å²) >= 11 is 0. The summed E-state index contributed by atoms with van der Waals surface area (Å²) in [6, 6.07) is 2.04. The van der Waals surface area contributed by atoms with E-state index in [1.807, 2.05) is 19.2 Å². The molecule has 0 amide bonds. The first-order valence-corrected chi connectivity index (χ1v) is 5.71. The monoisotopic (exact) mass is 216 g/mol. The number of hydrogen-bond donors (Lipinski definition) is 1. The largest absolute Gasteiger partial charge is 0.369 e. The molecule has 0 spiro atoms. The van der Waals surface area contributed by atoms with Crippen molar-refractivity contribution < 1.29 is 0 Å². The lowest BCUT2D eigenvalue weighted by Crippen LogP contribution is -2.38. The summed E-state index contributed by atoms with van der Waals surface area (Å²) in [7, 11) is 0. The van der Waals surface area contributed by atoms with E-state index in [0.717, 1.165) is 29.6 Å². The molecule has 0 aromatic carbocycles. The van der Waals surface area contributed by atoms with Gasteiger partial charge in [0.05, 0.1) is 0 Å². The summed E-state index contributed by atoms with van der Waals surface area (Å²) in [4.78, 5) is 8.87. The molecule has 3 rings (SSSR count). The zero-order chi connectivity index (χ0) is 11.3. The fourth-order valence-corrected chi connectivity index (χ4v) is 2.53. The molecule has 2 N–H and O–H groups in total. The lowest BCUT2D eigenvalue weighted by molar-refractivity contribution is 0.177. The highest BCUT2D eigenvalue weighted by atomic mass is 15.2. The Morgan fingerprint density at radius 3 is 2.81 bits per heavy atom. The molecule has 1 aliphatic rings. The van der Waals surface area contributed by atoms with Crippen LogP contribution in [-0.2, 0) is 5.54 Å². The third-order valence-electron chi connectivity index (χ3n) is 3.63. The Morgan fingerprint density at radius 2 is 2.19 bits per heavy atom. The minimum Gasteiger partial charge on any atom is -0.369 e. The van der Waals surface area contributed by atoms with Crippen molar-refractivity contribution in [2.45, 2.75) is 38.6 Å². The quantitative estimate of drug-likeness (QED) is 0.795. The molecule has 4 nitrogen and oxygen atoms in total. The van der Waals surface area contributed by atoms with Crippen molar-refractivity contribution in [1.82, 2.24) is 14.5 Å². The zero-order valence-corrected chi connectivity index (χ0v) is 9.70. The molecule has 0 atom stereocenters. The van der Waals surface area contributed by atoms with E-state index >= 15 is 0 Å². The summed E-state index contributed by atoms with van der Waals surface area (Å²) < 4.78 is 2.10.